The Morgan fingerprint density at radius 1 is 1.37 bits per heavy atom. The van der Waals surface area contributed by atoms with E-state index in [0.29, 0.717) is 25.0 Å². The quantitative estimate of drug-likeness (QED) is 0.761. The lowest BCUT2D eigenvalue weighted by atomic mass is 10.1. The van der Waals surface area contributed by atoms with E-state index in [2.05, 4.69) is 4.90 Å². The van der Waals surface area contributed by atoms with Crippen molar-refractivity contribution in [2.24, 2.45) is 25.7 Å². The van der Waals surface area contributed by atoms with Gasteiger partial charge in [-0.1, -0.05) is 0 Å². The molecular formula is C13H22N4O2. The van der Waals surface area contributed by atoms with Crippen molar-refractivity contribution >= 4 is 0 Å². The van der Waals surface area contributed by atoms with Gasteiger partial charge in [0.2, 0.25) is 0 Å². The van der Waals surface area contributed by atoms with E-state index in [0.717, 1.165) is 10.3 Å². The van der Waals surface area contributed by atoms with E-state index in [1.807, 2.05) is 7.05 Å². The van der Waals surface area contributed by atoms with Gasteiger partial charge in [0, 0.05) is 45.0 Å². The summed E-state index contributed by atoms with van der Waals surface area (Å²) < 4.78 is 2.64. The Morgan fingerprint density at radius 3 is 2.53 bits per heavy atom. The minimum atomic E-state index is -0.286. The maximum absolute atomic E-state index is 11.9. The summed E-state index contributed by atoms with van der Waals surface area (Å²) in [5.41, 5.74) is 6.00. The molecule has 1 aromatic heterocycles. The predicted molar refractivity (Wildman–Crippen MR) is 74.0 cm³/mol. The van der Waals surface area contributed by atoms with Crippen LogP contribution >= 0.6 is 0 Å². The molecule has 1 saturated carbocycles. The molecule has 0 amide bonds. The molecule has 106 valence electrons. The monoisotopic (exact) mass is 266 g/mol. The lowest BCUT2D eigenvalue weighted by molar-refractivity contribution is 0.210. The van der Waals surface area contributed by atoms with Crippen LogP contribution in [0.5, 0.6) is 0 Å². The van der Waals surface area contributed by atoms with E-state index < -0.39 is 0 Å². The van der Waals surface area contributed by atoms with Crippen molar-refractivity contribution in [2.75, 3.05) is 13.6 Å². The molecule has 6 heteroatoms. The molecule has 0 spiro atoms. The lowest BCUT2D eigenvalue weighted by Gasteiger charge is -2.27. The van der Waals surface area contributed by atoms with Gasteiger partial charge in [0.1, 0.15) is 0 Å². The van der Waals surface area contributed by atoms with E-state index >= 15 is 0 Å². The average molecular weight is 266 g/mol. The summed E-state index contributed by atoms with van der Waals surface area (Å²) in [6.07, 6.45) is 2.45. The molecule has 1 aliphatic carbocycles. The predicted octanol–water partition coefficient (Wildman–Crippen LogP) is -0.747. The number of aromatic nitrogens is 2. The molecule has 1 unspecified atom stereocenters. The first kappa shape index (κ1) is 14.0. The van der Waals surface area contributed by atoms with Gasteiger partial charge in [0.25, 0.3) is 5.56 Å². The van der Waals surface area contributed by atoms with E-state index in [4.69, 9.17) is 5.73 Å². The molecule has 6 nitrogen and oxygen atoms in total. The summed E-state index contributed by atoms with van der Waals surface area (Å²) in [6.45, 7) is 1.18. The summed E-state index contributed by atoms with van der Waals surface area (Å²) in [5, 5.41) is 0. The molecule has 2 rings (SSSR count). The van der Waals surface area contributed by atoms with Crippen LogP contribution in [0.15, 0.2) is 15.7 Å². The van der Waals surface area contributed by atoms with Crippen molar-refractivity contribution in [3.8, 4) is 0 Å². The van der Waals surface area contributed by atoms with Gasteiger partial charge in [-0.2, -0.15) is 0 Å². The van der Waals surface area contributed by atoms with Gasteiger partial charge in [-0.25, -0.2) is 4.79 Å². The summed E-state index contributed by atoms with van der Waals surface area (Å²) in [7, 11) is 5.18. The van der Waals surface area contributed by atoms with Crippen LogP contribution in [0.25, 0.3) is 0 Å². The number of nitrogens with two attached hydrogens (primary N) is 1. The smallest absolute Gasteiger partial charge is 0.329 e. The van der Waals surface area contributed by atoms with Gasteiger partial charge in [-0.05, 0) is 25.8 Å². The van der Waals surface area contributed by atoms with E-state index in [-0.39, 0.29) is 11.2 Å². The summed E-state index contributed by atoms with van der Waals surface area (Å²) in [4.78, 5) is 25.7. The first-order valence-corrected chi connectivity index (χ1v) is 6.62. The molecule has 0 aliphatic heterocycles. The zero-order valence-corrected chi connectivity index (χ0v) is 11.8. The largest absolute Gasteiger partial charge is 0.330 e. The van der Waals surface area contributed by atoms with Crippen LogP contribution in [0.4, 0.5) is 0 Å². The molecule has 1 heterocycles. The van der Waals surface area contributed by atoms with Crippen molar-refractivity contribution in [3.05, 3.63) is 32.6 Å². The number of hydrogen-bond donors (Lipinski definition) is 1. The number of hydrogen-bond acceptors (Lipinski definition) is 4. The van der Waals surface area contributed by atoms with Crippen LogP contribution in [0.3, 0.4) is 0 Å². The highest BCUT2D eigenvalue weighted by molar-refractivity contribution is 5.03. The topological polar surface area (TPSA) is 73.3 Å². The summed E-state index contributed by atoms with van der Waals surface area (Å²) in [6, 6.07) is 1.86. The van der Waals surface area contributed by atoms with Gasteiger partial charge in [0.15, 0.2) is 0 Å². The second-order valence-electron chi connectivity index (χ2n) is 5.43. The second kappa shape index (κ2) is 5.30. The maximum atomic E-state index is 11.9. The first-order chi connectivity index (χ1) is 8.95. The Hall–Kier alpha value is -1.40. The standard InChI is InChI=1S/C13H22N4O2/c1-15(11(7-14)9-4-5-9)8-10-6-12(18)17(3)13(19)16(10)2/h6,9,11H,4-5,7-8,14H2,1-3H3. The number of rotatable bonds is 5. The molecule has 1 aromatic rings. The first-order valence-electron chi connectivity index (χ1n) is 6.62. The Morgan fingerprint density at radius 2 is 2.00 bits per heavy atom. The Balaban J connectivity index is 2.23. The zero-order chi connectivity index (χ0) is 14.2. The van der Waals surface area contributed by atoms with Gasteiger partial charge in [-0.3, -0.25) is 18.8 Å². The molecule has 0 radical (unpaired) electrons. The minimum absolute atomic E-state index is 0.262. The summed E-state index contributed by atoms with van der Waals surface area (Å²) in [5.74, 6) is 0.665. The number of nitrogens with zero attached hydrogens (tertiary/aromatic N) is 3. The molecule has 1 aliphatic rings. The molecule has 0 saturated heterocycles. The van der Waals surface area contributed by atoms with Crippen LogP contribution in [0.1, 0.15) is 18.5 Å². The van der Waals surface area contributed by atoms with Crippen molar-refractivity contribution in [1.82, 2.24) is 14.0 Å². The zero-order valence-electron chi connectivity index (χ0n) is 11.8. The normalized spacial score (nSPS) is 16.9. The molecule has 1 atom stereocenters. The third kappa shape index (κ3) is 2.79. The average Bonchev–Trinajstić information content (AvgIpc) is 3.19. The van der Waals surface area contributed by atoms with Gasteiger partial charge in [0.05, 0.1) is 0 Å². The van der Waals surface area contributed by atoms with Crippen molar-refractivity contribution < 1.29 is 0 Å². The van der Waals surface area contributed by atoms with E-state index in [1.54, 1.807) is 7.05 Å². The highest BCUT2D eigenvalue weighted by atomic mass is 16.2. The van der Waals surface area contributed by atoms with E-state index in [1.165, 1.54) is 30.5 Å². The third-order valence-electron chi connectivity index (χ3n) is 4.01. The molecule has 19 heavy (non-hydrogen) atoms. The highest BCUT2D eigenvalue weighted by Crippen LogP contribution is 2.34. The Kier molecular flexibility index (Phi) is 3.91. The number of likely N-dealkylation sites (N-methyl/N-ethyl adjacent to an activating group) is 1. The SMILES string of the molecule is CN(Cc1cc(=O)n(C)c(=O)n1C)C(CN)C1CC1. The molecule has 2 N–H and O–H groups in total. The van der Waals surface area contributed by atoms with Crippen LogP contribution in [0.2, 0.25) is 0 Å². The third-order valence-corrected chi connectivity index (χ3v) is 4.01. The molecular weight excluding hydrogens is 244 g/mol. The van der Waals surface area contributed by atoms with Crippen molar-refractivity contribution in [2.45, 2.75) is 25.4 Å². The van der Waals surface area contributed by atoms with Crippen LogP contribution in [-0.2, 0) is 20.6 Å². The van der Waals surface area contributed by atoms with Crippen molar-refractivity contribution in [1.29, 1.82) is 0 Å². The van der Waals surface area contributed by atoms with Crippen LogP contribution < -0.4 is 17.0 Å². The van der Waals surface area contributed by atoms with Gasteiger partial charge >= 0.3 is 5.69 Å². The summed E-state index contributed by atoms with van der Waals surface area (Å²) >= 11 is 0. The van der Waals surface area contributed by atoms with Crippen LogP contribution in [-0.4, -0.2) is 33.7 Å². The Bertz CT molecular complexity index is 571. The van der Waals surface area contributed by atoms with Crippen molar-refractivity contribution in [3.63, 3.8) is 0 Å². The second-order valence-corrected chi connectivity index (χ2v) is 5.43. The highest BCUT2D eigenvalue weighted by Gasteiger charge is 2.32. The fraction of sp³-hybridized carbons (Fsp3) is 0.692. The van der Waals surface area contributed by atoms with E-state index in [9.17, 15) is 9.59 Å². The maximum Gasteiger partial charge on any atom is 0.330 e. The minimum Gasteiger partial charge on any atom is -0.329 e. The Labute approximate surface area is 112 Å². The molecule has 0 bridgehead atoms. The van der Waals surface area contributed by atoms with Gasteiger partial charge < -0.3 is 5.73 Å². The fourth-order valence-electron chi connectivity index (χ4n) is 2.52. The lowest BCUT2D eigenvalue weighted by Crippen LogP contribution is -2.43. The molecule has 1 fully saturated rings. The van der Waals surface area contributed by atoms with Crippen LogP contribution in [0, 0.1) is 5.92 Å². The van der Waals surface area contributed by atoms with Gasteiger partial charge in [-0.15, -0.1) is 0 Å². The molecule has 0 aromatic carbocycles. The fourth-order valence-corrected chi connectivity index (χ4v) is 2.52.